The lowest BCUT2D eigenvalue weighted by Gasteiger charge is -2.24. The van der Waals surface area contributed by atoms with E-state index in [-0.39, 0.29) is 18.2 Å². The molecule has 2 aliphatic rings. The van der Waals surface area contributed by atoms with Crippen LogP contribution in [0.25, 0.3) is 0 Å². The number of aliphatic carboxylic acids is 1. The van der Waals surface area contributed by atoms with Crippen molar-refractivity contribution in [3.05, 3.63) is 29.8 Å². The van der Waals surface area contributed by atoms with Crippen LogP contribution in [0.2, 0.25) is 0 Å². The van der Waals surface area contributed by atoms with Crippen LogP contribution < -0.4 is 15.4 Å². The quantitative estimate of drug-likeness (QED) is 0.740. The van der Waals surface area contributed by atoms with Gasteiger partial charge in [0.25, 0.3) is 0 Å². The van der Waals surface area contributed by atoms with Gasteiger partial charge in [0.15, 0.2) is 0 Å². The van der Waals surface area contributed by atoms with Crippen LogP contribution in [0.5, 0.6) is 5.75 Å². The van der Waals surface area contributed by atoms with Crippen molar-refractivity contribution < 1.29 is 24.2 Å². The summed E-state index contributed by atoms with van der Waals surface area (Å²) in [6, 6.07) is 5.32. The highest BCUT2D eigenvalue weighted by Gasteiger charge is 2.28. The van der Waals surface area contributed by atoms with Gasteiger partial charge in [-0.2, -0.15) is 0 Å². The smallest absolute Gasteiger partial charge is 0.326 e. The number of ether oxygens (including phenoxy) is 1. The van der Waals surface area contributed by atoms with Crippen LogP contribution >= 0.6 is 0 Å². The Balaban J connectivity index is 2.23. The van der Waals surface area contributed by atoms with Gasteiger partial charge in [-0.05, 0) is 36.5 Å². The minimum atomic E-state index is -1.12. The molecule has 2 bridgehead atoms. The molecule has 2 heterocycles. The van der Waals surface area contributed by atoms with Gasteiger partial charge < -0.3 is 20.5 Å². The van der Waals surface area contributed by atoms with Gasteiger partial charge in [0.1, 0.15) is 17.8 Å². The van der Waals surface area contributed by atoms with Crippen molar-refractivity contribution >= 4 is 17.8 Å². The first-order chi connectivity index (χ1) is 12.4. The lowest BCUT2D eigenvalue weighted by molar-refractivity contribution is -0.142. The molecule has 1 aromatic carbocycles. The molecular weight excluding hydrogens is 336 g/mol. The Kier molecular flexibility index (Phi) is 7.00. The summed E-state index contributed by atoms with van der Waals surface area (Å²) in [5, 5.41) is 14.7. The summed E-state index contributed by atoms with van der Waals surface area (Å²) in [6.07, 6.45) is 1.82. The van der Waals surface area contributed by atoms with Crippen LogP contribution in [0.15, 0.2) is 24.3 Å². The first-order valence-corrected chi connectivity index (χ1v) is 8.91. The van der Waals surface area contributed by atoms with Crippen molar-refractivity contribution in [2.45, 2.75) is 51.6 Å². The average molecular weight is 362 g/mol. The molecule has 3 N–H and O–H groups in total. The van der Waals surface area contributed by atoms with Gasteiger partial charge >= 0.3 is 5.97 Å². The third-order valence-electron chi connectivity index (χ3n) is 4.31. The predicted molar refractivity (Wildman–Crippen MR) is 95.8 cm³/mol. The Morgan fingerprint density at radius 1 is 1.15 bits per heavy atom. The molecule has 7 heteroatoms. The fourth-order valence-corrected chi connectivity index (χ4v) is 2.78. The Morgan fingerprint density at radius 3 is 2.46 bits per heavy atom. The largest absolute Gasteiger partial charge is 0.494 e. The molecule has 1 aromatic rings. The van der Waals surface area contributed by atoms with E-state index in [1.54, 1.807) is 24.3 Å². The summed E-state index contributed by atoms with van der Waals surface area (Å²) >= 11 is 0. The highest BCUT2D eigenvalue weighted by atomic mass is 16.5. The zero-order chi connectivity index (χ0) is 19.1. The molecule has 3 rings (SSSR count). The van der Waals surface area contributed by atoms with Crippen LogP contribution in [-0.4, -0.2) is 41.6 Å². The van der Waals surface area contributed by atoms with E-state index < -0.39 is 24.0 Å². The second-order valence-electron chi connectivity index (χ2n) is 6.84. The average Bonchev–Trinajstić information content (AvgIpc) is 2.58. The molecule has 2 aliphatic heterocycles. The number of hydrogen-bond donors (Lipinski definition) is 3. The van der Waals surface area contributed by atoms with Gasteiger partial charge in [-0.1, -0.05) is 26.0 Å². The molecule has 0 saturated carbocycles. The second-order valence-corrected chi connectivity index (χ2v) is 6.84. The first-order valence-electron chi connectivity index (χ1n) is 8.91. The second kappa shape index (κ2) is 9.22. The maximum atomic E-state index is 12.6. The third kappa shape index (κ3) is 5.75. The standard InChI is InChI=1S/C19H26N2O5/c1-12(2)17-18(23)20-15(19(24)25)11-13-6-8-14(9-7-13)26-10-4-3-5-16(22)21-17/h6-9,12,15,17H,3-5,10-11H2,1-2H3,(H,20,23)(H,21,22)(H,24,25). The number of carbonyl (C=O) groups excluding carboxylic acids is 2. The van der Waals surface area contributed by atoms with Crippen LogP contribution in [0.4, 0.5) is 0 Å². The SMILES string of the molecule is CC(C)C1NC(=O)CCCCOc2ccc(cc2)CC(C(=O)O)NC1=O. The van der Waals surface area contributed by atoms with E-state index >= 15 is 0 Å². The fraction of sp³-hybridized carbons (Fsp3) is 0.526. The molecule has 0 spiro atoms. The number of benzene rings is 1. The van der Waals surface area contributed by atoms with Crippen LogP contribution in [0.3, 0.4) is 0 Å². The molecule has 0 fully saturated rings. The molecule has 0 aliphatic carbocycles. The van der Waals surface area contributed by atoms with Crippen molar-refractivity contribution in [2.24, 2.45) is 5.92 Å². The number of hydrogen-bond acceptors (Lipinski definition) is 4. The zero-order valence-electron chi connectivity index (χ0n) is 15.2. The number of carbonyl (C=O) groups is 3. The number of nitrogens with one attached hydrogen (secondary N) is 2. The molecule has 7 nitrogen and oxygen atoms in total. The Hall–Kier alpha value is -2.57. The van der Waals surface area contributed by atoms with Crippen molar-refractivity contribution in [1.82, 2.24) is 10.6 Å². The molecule has 26 heavy (non-hydrogen) atoms. The first kappa shape index (κ1) is 19.8. The number of carboxylic acids is 1. The van der Waals surface area contributed by atoms with Crippen molar-refractivity contribution in [1.29, 1.82) is 0 Å². The Morgan fingerprint density at radius 2 is 1.85 bits per heavy atom. The minimum absolute atomic E-state index is 0.153. The summed E-state index contributed by atoms with van der Waals surface area (Å²) in [7, 11) is 0. The number of rotatable bonds is 2. The van der Waals surface area contributed by atoms with E-state index in [1.165, 1.54) is 0 Å². The molecule has 0 saturated heterocycles. The van der Waals surface area contributed by atoms with Gasteiger partial charge in [0.2, 0.25) is 11.8 Å². The molecule has 0 aromatic heterocycles. The summed E-state index contributed by atoms with van der Waals surface area (Å²) < 4.78 is 5.63. The van der Waals surface area contributed by atoms with Crippen molar-refractivity contribution in [3.63, 3.8) is 0 Å². The lowest BCUT2D eigenvalue weighted by Crippen LogP contribution is -2.54. The van der Waals surface area contributed by atoms with Crippen molar-refractivity contribution in [2.75, 3.05) is 6.61 Å². The zero-order valence-corrected chi connectivity index (χ0v) is 15.2. The Bertz CT molecular complexity index is 642. The van der Waals surface area contributed by atoms with Crippen LogP contribution in [0.1, 0.15) is 38.7 Å². The van der Waals surface area contributed by atoms with E-state index in [2.05, 4.69) is 10.6 Å². The lowest BCUT2D eigenvalue weighted by atomic mass is 10.0. The predicted octanol–water partition coefficient (Wildman–Crippen LogP) is 1.50. The monoisotopic (exact) mass is 362 g/mol. The summed E-state index contributed by atoms with van der Waals surface area (Å²) in [4.78, 5) is 36.2. The maximum Gasteiger partial charge on any atom is 0.326 e. The van der Waals surface area contributed by atoms with Gasteiger partial charge in [-0.15, -0.1) is 0 Å². The third-order valence-corrected chi connectivity index (χ3v) is 4.31. The van der Waals surface area contributed by atoms with E-state index in [1.807, 2.05) is 13.8 Å². The number of fused-ring (bicyclic) bond motifs is 13. The molecule has 142 valence electrons. The minimum Gasteiger partial charge on any atom is -0.494 e. The molecule has 2 unspecified atom stereocenters. The molecule has 2 atom stereocenters. The fourth-order valence-electron chi connectivity index (χ4n) is 2.78. The van der Waals surface area contributed by atoms with Gasteiger partial charge in [0.05, 0.1) is 6.61 Å². The van der Waals surface area contributed by atoms with E-state index in [4.69, 9.17) is 4.74 Å². The maximum absolute atomic E-state index is 12.6. The summed E-state index contributed by atoms with van der Waals surface area (Å²) in [5.74, 6) is -1.28. The topological polar surface area (TPSA) is 105 Å². The van der Waals surface area contributed by atoms with Crippen LogP contribution in [-0.2, 0) is 20.8 Å². The van der Waals surface area contributed by atoms with Crippen molar-refractivity contribution in [3.8, 4) is 5.75 Å². The molecule has 2 amide bonds. The number of carboxylic acid groups (broad SMARTS) is 1. The Labute approximate surface area is 153 Å². The highest BCUT2D eigenvalue weighted by molar-refractivity contribution is 5.90. The van der Waals surface area contributed by atoms with Gasteiger partial charge in [-0.25, -0.2) is 4.79 Å². The van der Waals surface area contributed by atoms with E-state index in [0.717, 1.165) is 12.0 Å². The summed E-state index contributed by atoms with van der Waals surface area (Å²) in [5.41, 5.74) is 0.780. The van der Waals surface area contributed by atoms with E-state index in [9.17, 15) is 19.5 Å². The molecular formula is C19H26N2O5. The van der Waals surface area contributed by atoms with Gasteiger partial charge in [0, 0.05) is 12.8 Å². The van der Waals surface area contributed by atoms with E-state index in [0.29, 0.717) is 25.2 Å². The highest BCUT2D eigenvalue weighted by Crippen LogP contribution is 2.15. The van der Waals surface area contributed by atoms with Gasteiger partial charge in [-0.3, -0.25) is 9.59 Å². The summed E-state index contributed by atoms with van der Waals surface area (Å²) in [6.45, 7) is 4.12. The number of amides is 2. The van der Waals surface area contributed by atoms with Crippen LogP contribution in [0, 0.1) is 5.92 Å². The normalized spacial score (nSPS) is 22.4. The molecule has 0 radical (unpaired) electrons.